The number of benzene rings is 2. The van der Waals surface area contributed by atoms with E-state index in [1.54, 1.807) is 0 Å². The average Bonchev–Trinajstić information content (AvgIpc) is 2.81. The first-order valence-corrected chi connectivity index (χ1v) is 10.1. The van der Waals surface area contributed by atoms with Crippen LogP contribution >= 0.6 is 0 Å². The molecule has 0 saturated carbocycles. The zero-order valence-electron chi connectivity index (χ0n) is 17.9. The quantitative estimate of drug-likeness (QED) is 0.243. The molecule has 0 bridgehead atoms. The van der Waals surface area contributed by atoms with E-state index in [9.17, 15) is 45.3 Å². The van der Waals surface area contributed by atoms with Crippen molar-refractivity contribution in [1.82, 2.24) is 0 Å². The summed E-state index contributed by atoms with van der Waals surface area (Å²) in [5.74, 6) is -4.36. The van der Waals surface area contributed by atoms with Crippen LogP contribution in [0.15, 0.2) is 12.1 Å². The molecule has 12 nitrogen and oxygen atoms in total. The minimum Gasteiger partial charge on any atom is -0.508 e. The normalized spacial score (nSPS) is 26.1. The molecule has 4 rings (SSSR count). The van der Waals surface area contributed by atoms with Gasteiger partial charge in [-0.2, -0.15) is 0 Å². The molecule has 1 aliphatic carbocycles. The predicted molar refractivity (Wildman–Crippen MR) is 110 cm³/mol. The summed E-state index contributed by atoms with van der Waals surface area (Å²) in [4.78, 5) is 26.6. The standard InChI is InChI=1S/C22H22O12/c1-6-8(24)3-7-12(15(6)25)19(29)13-9(4-10(32-2)17(27)14(13)16(7)26)33-22-21(31)20(30)18(28)11(5-23)34-22/h3-4,11,18,20-25,27-28,30-31H,5H2,1-2H3/t11-,18-,20+,21-,22-/m1/s1. The summed E-state index contributed by atoms with van der Waals surface area (Å²) in [6.45, 7) is 0.596. The SMILES string of the molecule is COc1cc(O[C@@H]2O[C@H](CO)[C@@H](O)[C@H](O)[C@H]2O)c2c(c1O)C(=O)c1cc(O)c(C)c(O)c1C2=O. The van der Waals surface area contributed by atoms with E-state index in [-0.39, 0.29) is 16.9 Å². The van der Waals surface area contributed by atoms with E-state index in [0.29, 0.717) is 0 Å². The summed E-state index contributed by atoms with van der Waals surface area (Å²) < 4.78 is 16.0. The molecule has 2 aromatic carbocycles. The maximum absolute atomic E-state index is 13.4. The van der Waals surface area contributed by atoms with Gasteiger partial charge in [0, 0.05) is 17.2 Å². The molecule has 12 heteroatoms. The highest BCUT2D eigenvalue weighted by molar-refractivity contribution is 6.31. The van der Waals surface area contributed by atoms with E-state index in [4.69, 9.17) is 14.2 Å². The lowest BCUT2D eigenvalue weighted by molar-refractivity contribution is -0.277. The topological polar surface area (TPSA) is 203 Å². The van der Waals surface area contributed by atoms with E-state index >= 15 is 0 Å². The molecule has 34 heavy (non-hydrogen) atoms. The second-order valence-corrected chi connectivity index (χ2v) is 7.94. The van der Waals surface area contributed by atoms with Crippen LogP contribution in [0.1, 0.15) is 37.4 Å². The first-order chi connectivity index (χ1) is 16.0. The van der Waals surface area contributed by atoms with Gasteiger partial charge in [0.1, 0.15) is 41.7 Å². The molecule has 1 aliphatic heterocycles. The summed E-state index contributed by atoms with van der Waals surface area (Å²) >= 11 is 0. The number of fused-ring (bicyclic) bond motifs is 2. The highest BCUT2D eigenvalue weighted by atomic mass is 16.7. The molecule has 182 valence electrons. The third-order valence-corrected chi connectivity index (χ3v) is 5.99. The zero-order chi connectivity index (χ0) is 25.1. The third-order valence-electron chi connectivity index (χ3n) is 5.99. The second-order valence-electron chi connectivity index (χ2n) is 7.94. The number of hydrogen-bond donors (Lipinski definition) is 7. The molecule has 0 unspecified atom stereocenters. The fourth-order valence-electron chi connectivity index (χ4n) is 4.03. The molecule has 5 atom stereocenters. The van der Waals surface area contributed by atoms with Crippen molar-refractivity contribution in [3.8, 4) is 28.7 Å². The van der Waals surface area contributed by atoms with Gasteiger partial charge in [-0.05, 0) is 13.0 Å². The van der Waals surface area contributed by atoms with E-state index in [1.165, 1.54) is 14.0 Å². The number of phenolic OH excluding ortho intramolecular Hbond substituents is 3. The van der Waals surface area contributed by atoms with Crippen molar-refractivity contribution in [1.29, 1.82) is 0 Å². The molecule has 0 spiro atoms. The van der Waals surface area contributed by atoms with E-state index in [1.807, 2.05) is 0 Å². The summed E-state index contributed by atoms with van der Waals surface area (Å²) in [7, 11) is 1.17. The molecule has 1 fully saturated rings. The minimum atomic E-state index is -1.83. The van der Waals surface area contributed by atoms with Gasteiger partial charge in [0.15, 0.2) is 17.3 Å². The Balaban J connectivity index is 1.89. The number of carbonyl (C=O) groups excluding carboxylic acids is 2. The van der Waals surface area contributed by atoms with Crippen molar-refractivity contribution < 1.29 is 59.5 Å². The highest BCUT2D eigenvalue weighted by Crippen LogP contribution is 2.47. The number of phenols is 3. The van der Waals surface area contributed by atoms with Crippen molar-refractivity contribution >= 4 is 11.6 Å². The Morgan fingerprint density at radius 1 is 0.882 bits per heavy atom. The number of hydrogen-bond acceptors (Lipinski definition) is 12. The van der Waals surface area contributed by atoms with Crippen LogP contribution < -0.4 is 9.47 Å². The van der Waals surface area contributed by atoms with Crippen LogP contribution in [0.25, 0.3) is 0 Å². The van der Waals surface area contributed by atoms with E-state index in [0.717, 1.165) is 12.1 Å². The lowest BCUT2D eigenvalue weighted by Crippen LogP contribution is -2.60. The third kappa shape index (κ3) is 3.35. The molecule has 0 aromatic heterocycles. The minimum absolute atomic E-state index is 0.0579. The Kier molecular flexibility index (Phi) is 5.87. The molecule has 0 amide bonds. The Hall–Kier alpha value is -3.42. The Morgan fingerprint density at radius 2 is 1.56 bits per heavy atom. The number of ether oxygens (including phenoxy) is 3. The summed E-state index contributed by atoms with van der Waals surface area (Å²) in [6, 6.07) is 2.03. The van der Waals surface area contributed by atoms with Crippen molar-refractivity contribution in [3.63, 3.8) is 0 Å². The number of carbonyl (C=O) groups is 2. The summed E-state index contributed by atoms with van der Waals surface area (Å²) in [5.41, 5.74) is -1.89. The number of methoxy groups -OCH3 is 1. The highest BCUT2D eigenvalue weighted by Gasteiger charge is 2.46. The first kappa shape index (κ1) is 23.7. The van der Waals surface area contributed by atoms with Gasteiger partial charge < -0.3 is 50.0 Å². The van der Waals surface area contributed by atoms with Gasteiger partial charge in [-0.15, -0.1) is 0 Å². The maximum Gasteiger partial charge on any atom is 0.229 e. The van der Waals surface area contributed by atoms with Gasteiger partial charge in [0.2, 0.25) is 12.1 Å². The number of aliphatic hydroxyl groups excluding tert-OH is 4. The van der Waals surface area contributed by atoms with Gasteiger partial charge in [0.05, 0.1) is 30.4 Å². The Bertz CT molecular complexity index is 1190. The number of aromatic hydroxyl groups is 3. The van der Waals surface area contributed by atoms with Gasteiger partial charge in [0.25, 0.3) is 0 Å². The van der Waals surface area contributed by atoms with Crippen molar-refractivity contribution in [2.75, 3.05) is 13.7 Å². The van der Waals surface area contributed by atoms with E-state index < -0.39 is 88.6 Å². The van der Waals surface area contributed by atoms with Crippen molar-refractivity contribution in [3.05, 3.63) is 39.9 Å². The summed E-state index contributed by atoms with van der Waals surface area (Å²) in [5, 5.41) is 70.8. The smallest absolute Gasteiger partial charge is 0.229 e. The molecule has 7 N–H and O–H groups in total. The molecule has 1 saturated heterocycles. The van der Waals surface area contributed by atoms with Gasteiger partial charge in [-0.25, -0.2) is 0 Å². The number of aliphatic hydroxyl groups is 4. The maximum atomic E-state index is 13.4. The second kappa shape index (κ2) is 8.42. The molecule has 2 aliphatic rings. The van der Waals surface area contributed by atoms with Crippen LogP contribution in [-0.4, -0.2) is 91.7 Å². The van der Waals surface area contributed by atoms with Gasteiger partial charge in [-0.1, -0.05) is 0 Å². The van der Waals surface area contributed by atoms with Crippen LogP contribution in [0, 0.1) is 6.92 Å². The molecule has 0 radical (unpaired) electrons. The molecular formula is C22H22O12. The molecular weight excluding hydrogens is 456 g/mol. The lowest BCUT2D eigenvalue weighted by atomic mass is 9.81. The van der Waals surface area contributed by atoms with E-state index in [2.05, 4.69) is 0 Å². The van der Waals surface area contributed by atoms with Crippen LogP contribution in [0.3, 0.4) is 0 Å². The lowest BCUT2D eigenvalue weighted by Gasteiger charge is -2.40. The zero-order valence-corrected chi connectivity index (χ0v) is 17.9. The predicted octanol–water partition coefficient (Wildman–Crippen LogP) is -0.925. The number of rotatable bonds is 4. The largest absolute Gasteiger partial charge is 0.508 e. The van der Waals surface area contributed by atoms with Crippen LogP contribution in [0.2, 0.25) is 0 Å². The Labute approximate surface area is 191 Å². The monoisotopic (exact) mass is 478 g/mol. The van der Waals surface area contributed by atoms with Crippen molar-refractivity contribution in [2.24, 2.45) is 0 Å². The first-order valence-electron chi connectivity index (χ1n) is 10.1. The average molecular weight is 478 g/mol. The van der Waals surface area contributed by atoms with Crippen LogP contribution in [0.4, 0.5) is 0 Å². The number of ketones is 2. The van der Waals surface area contributed by atoms with Gasteiger partial charge >= 0.3 is 0 Å². The fourth-order valence-corrected chi connectivity index (χ4v) is 4.03. The molecule has 2 aromatic rings. The van der Waals surface area contributed by atoms with Crippen molar-refractivity contribution in [2.45, 2.75) is 37.6 Å². The summed E-state index contributed by atoms with van der Waals surface area (Å²) in [6.07, 6.45) is -8.30. The van der Waals surface area contributed by atoms with Crippen LogP contribution in [-0.2, 0) is 4.74 Å². The molecule has 1 heterocycles. The Morgan fingerprint density at radius 3 is 2.18 bits per heavy atom. The van der Waals surface area contributed by atoms with Crippen LogP contribution in [0.5, 0.6) is 28.7 Å². The fraction of sp³-hybridized carbons (Fsp3) is 0.364. The van der Waals surface area contributed by atoms with Gasteiger partial charge in [-0.3, -0.25) is 9.59 Å².